The minimum atomic E-state index is 0.0853. The Labute approximate surface area is 96.5 Å². The van der Waals surface area contributed by atoms with E-state index in [2.05, 4.69) is 30.1 Å². The molecule has 0 radical (unpaired) electrons. The van der Waals surface area contributed by atoms with Crippen LogP contribution in [0.2, 0.25) is 0 Å². The molecule has 3 heteroatoms. The first-order valence-corrected chi connectivity index (χ1v) is 5.79. The Balaban J connectivity index is 2.46. The number of anilines is 2. The molecule has 1 amide bonds. The molecule has 1 N–H and O–H groups in total. The van der Waals surface area contributed by atoms with E-state index in [1.807, 2.05) is 19.1 Å². The first-order chi connectivity index (χ1) is 7.63. The third-order valence-corrected chi connectivity index (χ3v) is 3.26. The highest BCUT2D eigenvalue weighted by Gasteiger charge is 2.25. The second kappa shape index (κ2) is 4.16. The van der Waals surface area contributed by atoms with Crippen molar-refractivity contribution in [2.45, 2.75) is 33.2 Å². The molecular weight excluding hydrogens is 200 g/mol. The van der Waals surface area contributed by atoms with E-state index in [4.69, 9.17) is 0 Å². The van der Waals surface area contributed by atoms with E-state index < -0.39 is 0 Å². The molecular formula is C13H18N2O. The lowest BCUT2D eigenvalue weighted by molar-refractivity contribution is -0.115. The van der Waals surface area contributed by atoms with Crippen molar-refractivity contribution in [3.05, 3.63) is 23.8 Å². The number of hydrogen-bond acceptors (Lipinski definition) is 2. The van der Waals surface area contributed by atoms with Gasteiger partial charge in [-0.05, 0) is 31.9 Å². The summed E-state index contributed by atoms with van der Waals surface area (Å²) in [4.78, 5) is 13.8. The summed E-state index contributed by atoms with van der Waals surface area (Å²) in [6.45, 7) is 6.79. The average Bonchev–Trinajstić information content (AvgIpc) is 2.28. The molecule has 1 aromatic carbocycles. The number of amides is 1. The van der Waals surface area contributed by atoms with Gasteiger partial charge in [-0.15, -0.1) is 0 Å². The van der Waals surface area contributed by atoms with Gasteiger partial charge < -0.3 is 10.2 Å². The number of aryl methyl sites for hydroxylation is 1. The zero-order valence-corrected chi connectivity index (χ0v) is 10.1. The van der Waals surface area contributed by atoms with Gasteiger partial charge in [0.25, 0.3) is 0 Å². The molecule has 0 bridgehead atoms. The number of benzene rings is 1. The number of rotatable bonds is 2. The molecule has 0 aromatic heterocycles. The normalized spacial score (nSPS) is 16.7. The molecule has 0 saturated carbocycles. The van der Waals surface area contributed by atoms with E-state index in [0.717, 1.165) is 23.4 Å². The molecule has 0 saturated heterocycles. The Bertz CT molecular complexity index is 414. The van der Waals surface area contributed by atoms with Crippen molar-refractivity contribution in [2.75, 3.05) is 16.8 Å². The quantitative estimate of drug-likeness (QED) is 0.827. The maximum Gasteiger partial charge on any atom is 0.243 e. The van der Waals surface area contributed by atoms with E-state index in [9.17, 15) is 4.79 Å². The maximum atomic E-state index is 11.7. The third kappa shape index (κ3) is 1.77. The van der Waals surface area contributed by atoms with E-state index in [1.54, 1.807) is 0 Å². The van der Waals surface area contributed by atoms with Crippen LogP contribution < -0.4 is 10.2 Å². The molecule has 1 aromatic rings. The van der Waals surface area contributed by atoms with Crippen LogP contribution in [0.15, 0.2) is 18.2 Å². The van der Waals surface area contributed by atoms with Crippen LogP contribution in [-0.2, 0) is 4.79 Å². The van der Waals surface area contributed by atoms with Gasteiger partial charge in [-0.2, -0.15) is 0 Å². The van der Waals surface area contributed by atoms with Crippen molar-refractivity contribution in [2.24, 2.45) is 0 Å². The Morgan fingerprint density at radius 1 is 1.50 bits per heavy atom. The lowest BCUT2D eigenvalue weighted by Gasteiger charge is -2.36. The molecule has 0 fully saturated rings. The predicted molar refractivity (Wildman–Crippen MR) is 66.9 cm³/mol. The first-order valence-electron chi connectivity index (χ1n) is 5.79. The minimum Gasteiger partial charge on any atom is -0.358 e. The average molecular weight is 218 g/mol. The first kappa shape index (κ1) is 11.0. The summed E-state index contributed by atoms with van der Waals surface area (Å²) < 4.78 is 0. The molecule has 2 rings (SSSR count). The molecule has 1 atom stereocenters. The number of fused-ring (bicyclic) bond motifs is 1. The highest BCUT2D eigenvalue weighted by atomic mass is 16.2. The van der Waals surface area contributed by atoms with Crippen LogP contribution in [0.25, 0.3) is 0 Å². The van der Waals surface area contributed by atoms with Crippen LogP contribution >= 0.6 is 0 Å². The van der Waals surface area contributed by atoms with Gasteiger partial charge in [-0.1, -0.05) is 19.1 Å². The lowest BCUT2D eigenvalue weighted by atomic mass is 10.1. The monoisotopic (exact) mass is 218 g/mol. The number of carbonyl (C=O) groups is 1. The summed E-state index contributed by atoms with van der Waals surface area (Å²) in [6, 6.07) is 6.54. The largest absolute Gasteiger partial charge is 0.358 e. The molecule has 1 heterocycles. The van der Waals surface area contributed by atoms with E-state index in [0.29, 0.717) is 12.6 Å². The van der Waals surface area contributed by atoms with Gasteiger partial charge in [0.2, 0.25) is 5.91 Å². The standard InChI is InChI=1S/C13H18N2O/c1-4-10(3)15-8-12(16)14-13-9(2)6-5-7-11(13)15/h5-7,10H,4,8H2,1-3H3,(H,14,16). The lowest BCUT2D eigenvalue weighted by Crippen LogP contribution is -2.43. The molecule has 3 nitrogen and oxygen atoms in total. The molecule has 1 unspecified atom stereocenters. The van der Waals surface area contributed by atoms with Crippen LogP contribution in [0, 0.1) is 6.92 Å². The van der Waals surface area contributed by atoms with E-state index in [-0.39, 0.29) is 5.91 Å². The maximum absolute atomic E-state index is 11.7. The molecule has 86 valence electrons. The van der Waals surface area contributed by atoms with Crippen LogP contribution in [0.1, 0.15) is 25.8 Å². The topological polar surface area (TPSA) is 32.3 Å². The number of para-hydroxylation sites is 1. The van der Waals surface area contributed by atoms with Crippen LogP contribution in [0.5, 0.6) is 0 Å². The Morgan fingerprint density at radius 2 is 2.25 bits per heavy atom. The van der Waals surface area contributed by atoms with Crippen molar-refractivity contribution < 1.29 is 4.79 Å². The Kier molecular flexibility index (Phi) is 2.86. The predicted octanol–water partition coefficient (Wildman–Crippen LogP) is 2.55. The van der Waals surface area contributed by atoms with Gasteiger partial charge >= 0.3 is 0 Å². The number of nitrogens with zero attached hydrogens (tertiary/aromatic N) is 1. The fourth-order valence-corrected chi connectivity index (χ4v) is 2.09. The third-order valence-electron chi connectivity index (χ3n) is 3.26. The summed E-state index contributed by atoms with van der Waals surface area (Å²) in [5.41, 5.74) is 3.24. The zero-order valence-electron chi connectivity index (χ0n) is 10.1. The Morgan fingerprint density at radius 3 is 2.94 bits per heavy atom. The number of nitrogens with one attached hydrogen (secondary N) is 1. The second-order valence-corrected chi connectivity index (χ2v) is 4.40. The van der Waals surface area contributed by atoms with Gasteiger partial charge in [0.15, 0.2) is 0 Å². The van der Waals surface area contributed by atoms with Crippen LogP contribution in [0.4, 0.5) is 11.4 Å². The molecule has 1 aliphatic rings. The van der Waals surface area contributed by atoms with Gasteiger partial charge in [0, 0.05) is 6.04 Å². The van der Waals surface area contributed by atoms with E-state index in [1.165, 1.54) is 0 Å². The Hall–Kier alpha value is -1.51. The van der Waals surface area contributed by atoms with Crippen molar-refractivity contribution in [3.8, 4) is 0 Å². The van der Waals surface area contributed by atoms with Crippen molar-refractivity contribution in [1.29, 1.82) is 0 Å². The highest BCUT2D eigenvalue weighted by Crippen LogP contribution is 2.33. The molecule has 16 heavy (non-hydrogen) atoms. The van der Waals surface area contributed by atoms with Crippen molar-refractivity contribution in [1.82, 2.24) is 0 Å². The van der Waals surface area contributed by atoms with Gasteiger partial charge in [-0.3, -0.25) is 4.79 Å². The summed E-state index contributed by atoms with van der Waals surface area (Å²) in [6.07, 6.45) is 1.04. The number of hydrogen-bond donors (Lipinski definition) is 1. The van der Waals surface area contributed by atoms with Gasteiger partial charge in [0.1, 0.15) is 0 Å². The minimum absolute atomic E-state index is 0.0853. The fourth-order valence-electron chi connectivity index (χ4n) is 2.09. The van der Waals surface area contributed by atoms with Gasteiger partial charge in [0.05, 0.1) is 17.9 Å². The molecule has 0 spiro atoms. The zero-order chi connectivity index (χ0) is 11.7. The van der Waals surface area contributed by atoms with Gasteiger partial charge in [-0.25, -0.2) is 0 Å². The summed E-state index contributed by atoms with van der Waals surface area (Å²) >= 11 is 0. The fraction of sp³-hybridized carbons (Fsp3) is 0.462. The molecule has 1 aliphatic heterocycles. The van der Waals surface area contributed by atoms with E-state index >= 15 is 0 Å². The smallest absolute Gasteiger partial charge is 0.243 e. The second-order valence-electron chi connectivity index (χ2n) is 4.40. The van der Waals surface area contributed by atoms with Crippen LogP contribution in [0.3, 0.4) is 0 Å². The summed E-state index contributed by atoms with van der Waals surface area (Å²) in [5, 5.41) is 2.96. The SMILES string of the molecule is CCC(C)N1CC(=O)Nc2c(C)cccc21. The molecule has 0 aliphatic carbocycles. The van der Waals surface area contributed by atoms with Crippen molar-refractivity contribution >= 4 is 17.3 Å². The number of carbonyl (C=O) groups excluding carboxylic acids is 1. The van der Waals surface area contributed by atoms with Crippen molar-refractivity contribution in [3.63, 3.8) is 0 Å². The highest BCUT2D eigenvalue weighted by molar-refractivity contribution is 6.02. The summed E-state index contributed by atoms with van der Waals surface area (Å²) in [7, 11) is 0. The van der Waals surface area contributed by atoms with Crippen LogP contribution in [-0.4, -0.2) is 18.5 Å². The summed E-state index contributed by atoms with van der Waals surface area (Å²) in [5.74, 6) is 0.0853.